The molecule has 1 aliphatic carbocycles. The summed E-state index contributed by atoms with van der Waals surface area (Å²) in [7, 11) is 0. The molecule has 2 aliphatic rings. The molecule has 1 aliphatic heterocycles. The second kappa shape index (κ2) is 4.02. The number of hydrogen-bond acceptors (Lipinski definition) is 2. The minimum absolute atomic E-state index is 0.0151. The first-order valence-corrected chi connectivity index (χ1v) is 6.23. The molecule has 0 unspecified atom stereocenters. The molecule has 88 valence electrons. The molecule has 1 aromatic rings. The van der Waals surface area contributed by atoms with Crippen molar-refractivity contribution in [1.82, 2.24) is 0 Å². The highest BCUT2D eigenvalue weighted by atomic mass is 16.5. The molecule has 0 saturated carbocycles. The number of hydrogen-bond donors (Lipinski definition) is 0. The summed E-state index contributed by atoms with van der Waals surface area (Å²) in [5.41, 5.74) is 1.12. The summed E-state index contributed by atoms with van der Waals surface area (Å²) < 4.78 is 5.77. The van der Waals surface area contributed by atoms with Gasteiger partial charge in [0.1, 0.15) is 5.76 Å². The van der Waals surface area contributed by atoms with E-state index in [1.54, 1.807) is 6.08 Å². The van der Waals surface area contributed by atoms with Gasteiger partial charge in [0.15, 0.2) is 5.78 Å². The van der Waals surface area contributed by atoms with Gasteiger partial charge in [0, 0.05) is 12.0 Å². The van der Waals surface area contributed by atoms with E-state index in [-0.39, 0.29) is 23.7 Å². The van der Waals surface area contributed by atoms with Crippen LogP contribution in [0.3, 0.4) is 0 Å². The summed E-state index contributed by atoms with van der Waals surface area (Å²) in [5, 5.41) is 0. The van der Waals surface area contributed by atoms with Gasteiger partial charge in [-0.25, -0.2) is 0 Å². The van der Waals surface area contributed by atoms with E-state index in [1.165, 1.54) is 0 Å². The third kappa shape index (κ3) is 1.78. The van der Waals surface area contributed by atoms with E-state index in [9.17, 15) is 4.79 Å². The fraction of sp³-hybridized carbons (Fsp3) is 0.400. The van der Waals surface area contributed by atoms with E-state index in [0.29, 0.717) is 0 Å². The van der Waals surface area contributed by atoms with Crippen molar-refractivity contribution in [1.29, 1.82) is 0 Å². The first-order valence-electron chi connectivity index (χ1n) is 6.23. The van der Waals surface area contributed by atoms with Crippen LogP contribution in [0.1, 0.15) is 31.2 Å². The number of fused-ring (bicyclic) bond motifs is 1. The Morgan fingerprint density at radius 2 is 1.94 bits per heavy atom. The largest absolute Gasteiger partial charge is 0.495 e. The molecular weight excluding hydrogens is 212 g/mol. The number of carbonyl (C=O) groups is 1. The van der Waals surface area contributed by atoms with E-state index < -0.39 is 0 Å². The van der Waals surface area contributed by atoms with Gasteiger partial charge in [-0.1, -0.05) is 30.3 Å². The number of allylic oxidation sites excluding steroid dienone is 2. The molecule has 1 saturated heterocycles. The predicted octanol–water partition coefficient (Wildman–Crippen LogP) is 3.05. The fourth-order valence-corrected chi connectivity index (χ4v) is 2.89. The summed E-state index contributed by atoms with van der Waals surface area (Å²) in [6.45, 7) is 2.07. The molecule has 0 bridgehead atoms. The van der Waals surface area contributed by atoms with E-state index in [0.717, 1.165) is 24.2 Å². The third-order valence-corrected chi connectivity index (χ3v) is 3.74. The minimum Gasteiger partial charge on any atom is -0.495 e. The molecule has 17 heavy (non-hydrogen) atoms. The SMILES string of the molecule is C[C@H]1CC[C@H]2C(=CC(=O)[C@@H]2c2ccccc2)O1. The van der Waals surface area contributed by atoms with Crippen LogP contribution in [0.25, 0.3) is 0 Å². The first kappa shape index (κ1) is 10.6. The Balaban J connectivity index is 1.92. The normalized spacial score (nSPS) is 31.7. The lowest BCUT2D eigenvalue weighted by Gasteiger charge is -2.30. The first-order chi connectivity index (χ1) is 8.25. The third-order valence-electron chi connectivity index (χ3n) is 3.74. The number of rotatable bonds is 1. The zero-order valence-corrected chi connectivity index (χ0v) is 9.93. The van der Waals surface area contributed by atoms with Crippen LogP contribution >= 0.6 is 0 Å². The standard InChI is InChI=1S/C15H16O2/c1-10-7-8-12-14(17-10)9-13(16)15(12)11-5-3-2-4-6-11/h2-6,9-10,12,15H,7-8H2,1H3/t10-,12-,15+/m0/s1. The van der Waals surface area contributed by atoms with Crippen LogP contribution in [0.2, 0.25) is 0 Å². The molecule has 1 fully saturated rings. The van der Waals surface area contributed by atoms with E-state index >= 15 is 0 Å². The fourth-order valence-electron chi connectivity index (χ4n) is 2.89. The predicted molar refractivity (Wildman–Crippen MR) is 65.5 cm³/mol. The second-order valence-electron chi connectivity index (χ2n) is 4.95. The average Bonchev–Trinajstić information content (AvgIpc) is 2.65. The molecule has 2 heteroatoms. The summed E-state index contributed by atoms with van der Waals surface area (Å²) in [6, 6.07) is 10.0. The van der Waals surface area contributed by atoms with Crippen LogP contribution in [0.5, 0.6) is 0 Å². The lowest BCUT2D eigenvalue weighted by atomic mass is 9.83. The van der Waals surface area contributed by atoms with E-state index in [1.807, 2.05) is 30.3 Å². The molecule has 3 rings (SSSR count). The number of ether oxygens (including phenoxy) is 1. The van der Waals surface area contributed by atoms with Gasteiger partial charge in [-0.3, -0.25) is 4.79 Å². The number of ketones is 1. The highest BCUT2D eigenvalue weighted by molar-refractivity contribution is 5.99. The van der Waals surface area contributed by atoms with Gasteiger partial charge in [-0.2, -0.15) is 0 Å². The van der Waals surface area contributed by atoms with Crippen LogP contribution in [-0.2, 0) is 9.53 Å². The summed E-state index contributed by atoms with van der Waals surface area (Å²) in [5.74, 6) is 1.35. The lowest BCUT2D eigenvalue weighted by Crippen LogP contribution is -2.24. The molecule has 0 aromatic heterocycles. The second-order valence-corrected chi connectivity index (χ2v) is 4.95. The van der Waals surface area contributed by atoms with Crippen molar-refractivity contribution in [3.05, 3.63) is 47.7 Å². The van der Waals surface area contributed by atoms with E-state index in [2.05, 4.69) is 6.92 Å². The Hall–Kier alpha value is -1.57. The Kier molecular flexibility index (Phi) is 2.50. The van der Waals surface area contributed by atoms with Crippen LogP contribution in [0, 0.1) is 5.92 Å². The van der Waals surface area contributed by atoms with Crippen LogP contribution in [0.15, 0.2) is 42.2 Å². The molecule has 0 spiro atoms. The minimum atomic E-state index is -0.0151. The maximum atomic E-state index is 12.1. The monoisotopic (exact) mass is 228 g/mol. The maximum Gasteiger partial charge on any atom is 0.167 e. The van der Waals surface area contributed by atoms with E-state index in [4.69, 9.17) is 4.74 Å². The van der Waals surface area contributed by atoms with Crippen molar-refractivity contribution in [2.75, 3.05) is 0 Å². The molecule has 1 heterocycles. The molecule has 3 atom stereocenters. The summed E-state index contributed by atoms with van der Waals surface area (Å²) in [6.07, 6.45) is 4.05. The van der Waals surface area contributed by atoms with Crippen molar-refractivity contribution in [2.45, 2.75) is 31.8 Å². The van der Waals surface area contributed by atoms with Gasteiger partial charge < -0.3 is 4.74 Å². The highest BCUT2D eigenvalue weighted by Gasteiger charge is 2.41. The van der Waals surface area contributed by atoms with Gasteiger partial charge in [-0.05, 0) is 25.3 Å². The number of carbonyl (C=O) groups excluding carboxylic acids is 1. The number of benzene rings is 1. The Labute approximate surface area is 101 Å². The van der Waals surface area contributed by atoms with Gasteiger partial charge in [0.25, 0.3) is 0 Å². The Morgan fingerprint density at radius 1 is 1.18 bits per heavy atom. The lowest BCUT2D eigenvalue weighted by molar-refractivity contribution is -0.116. The average molecular weight is 228 g/mol. The zero-order chi connectivity index (χ0) is 11.8. The summed E-state index contributed by atoms with van der Waals surface area (Å²) in [4.78, 5) is 12.1. The van der Waals surface area contributed by atoms with Crippen molar-refractivity contribution < 1.29 is 9.53 Å². The molecule has 2 nitrogen and oxygen atoms in total. The summed E-state index contributed by atoms with van der Waals surface area (Å²) >= 11 is 0. The molecule has 0 radical (unpaired) electrons. The molecule has 0 N–H and O–H groups in total. The topological polar surface area (TPSA) is 26.3 Å². The van der Waals surface area contributed by atoms with Crippen LogP contribution in [-0.4, -0.2) is 11.9 Å². The molecule has 0 amide bonds. The molecule has 1 aromatic carbocycles. The van der Waals surface area contributed by atoms with Crippen molar-refractivity contribution in [3.63, 3.8) is 0 Å². The van der Waals surface area contributed by atoms with Crippen LogP contribution < -0.4 is 0 Å². The van der Waals surface area contributed by atoms with Gasteiger partial charge in [-0.15, -0.1) is 0 Å². The molecular formula is C15H16O2. The van der Waals surface area contributed by atoms with Crippen LogP contribution in [0.4, 0.5) is 0 Å². The van der Waals surface area contributed by atoms with Crippen molar-refractivity contribution in [2.24, 2.45) is 5.92 Å². The zero-order valence-electron chi connectivity index (χ0n) is 9.93. The van der Waals surface area contributed by atoms with Gasteiger partial charge in [0.2, 0.25) is 0 Å². The highest BCUT2D eigenvalue weighted by Crippen LogP contribution is 2.43. The Bertz CT molecular complexity index is 461. The smallest absolute Gasteiger partial charge is 0.167 e. The quantitative estimate of drug-likeness (QED) is 0.738. The Morgan fingerprint density at radius 3 is 2.71 bits per heavy atom. The maximum absolute atomic E-state index is 12.1. The van der Waals surface area contributed by atoms with Crippen molar-refractivity contribution >= 4 is 5.78 Å². The van der Waals surface area contributed by atoms with Gasteiger partial charge in [0.05, 0.1) is 12.0 Å². The van der Waals surface area contributed by atoms with Crippen molar-refractivity contribution in [3.8, 4) is 0 Å². The van der Waals surface area contributed by atoms with Gasteiger partial charge >= 0.3 is 0 Å².